The molecule has 0 saturated carbocycles. The molecule has 0 aliphatic rings. The predicted octanol–water partition coefficient (Wildman–Crippen LogP) is 5.75. The first kappa shape index (κ1) is 18.2. The van der Waals surface area contributed by atoms with Crippen molar-refractivity contribution >= 4 is 0 Å². The molecule has 3 aromatic carbocycles. The second kappa shape index (κ2) is 8.63. The first-order chi connectivity index (χ1) is 12.7. The number of halogens is 1. The van der Waals surface area contributed by atoms with Crippen LogP contribution in [0.2, 0.25) is 0 Å². The number of ether oxygens (including phenoxy) is 2. The lowest BCUT2D eigenvalue weighted by Crippen LogP contribution is -1.92. The maximum Gasteiger partial charge on any atom is 0.131 e. The van der Waals surface area contributed by atoms with E-state index in [4.69, 9.17) is 9.47 Å². The van der Waals surface area contributed by atoms with Crippen LogP contribution in [0.3, 0.4) is 0 Å². The third-order valence-electron chi connectivity index (χ3n) is 4.47. The lowest BCUT2D eigenvalue weighted by atomic mass is 9.98. The molecule has 0 unspecified atom stereocenters. The van der Waals surface area contributed by atoms with Gasteiger partial charge in [0.25, 0.3) is 0 Å². The summed E-state index contributed by atoms with van der Waals surface area (Å²) in [6.45, 7) is 0.764. The molecule has 0 aromatic heterocycles. The molecular formula is C23H23FO2. The Kier molecular flexibility index (Phi) is 6.03. The van der Waals surface area contributed by atoms with Gasteiger partial charge in [-0.15, -0.1) is 0 Å². The molecule has 134 valence electrons. The molecule has 3 aromatic rings. The van der Waals surface area contributed by atoms with Crippen LogP contribution in [0.5, 0.6) is 5.75 Å². The predicted molar refractivity (Wildman–Crippen MR) is 104 cm³/mol. The highest BCUT2D eigenvalue weighted by Gasteiger charge is 2.08. The summed E-state index contributed by atoms with van der Waals surface area (Å²) < 4.78 is 24.9. The van der Waals surface area contributed by atoms with Crippen molar-refractivity contribution in [1.29, 1.82) is 0 Å². The molecular weight excluding hydrogens is 327 g/mol. The van der Waals surface area contributed by atoms with Crippen molar-refractivity contribution in [3.05, 3.63) is 78.1 Å². The van der Waals surface area contributed by atoms with Crippen molar-refractivity contribution < 1.29 is 13.9 Å². The summed E-state index contributed by atoms with van der Waals surface area (Å²) in [4.78, 5) is 0. The highest BCUT2D eigenvalue weighted by atomic mass is 19.1. The van der Waals surface area contributed by atoms with Crippen LogP contribution in [0, 0.1) is 5.82 Å². The fourth-order valence-electron chi connectivity index (χ4n) is 2.98. The molecule has 0 radical (unpaired) electrons. The van der Waals surface area contributed by atoms with Crippen LogP contribution in [0.4, 0.5) is 4.39 Å². The molecule has 0 aliphatic carbocycles. The number of hydrogen-bond acceptors (Lipinski definition) is 2. The van der Waals surface area contributed by atoms with E-state index in [1.165, 1.54) is 5.56 Å². The van der Waals surface area contributed by atoms with Crippen LogP contribution in [0.25, 0.3) is 22.3 Å². The molecule has 0 atom stereocenters. The number of benzene rings is 3. The highest BCUT2D eigenvalue weighted by molar-refractivity contribution is 5.71. The van der Waals surface area contributed by atoms with Crippen LogP contribution in [0.1, 0.15) is 12.0 Å². The summed E-state index contributed by atoms with van der Waals surface area (Å²) >= 11 is 0. The Balaban J connectivity index is 1.78. The average Bonchev–Trinajstić information content (AvgIpc) is 2.69. The van der Waals surface area contributed by atoms with E-state index in [0.717, 1.165) is 41.9 Å². The van der Waals surface area contributed by atoms with Crippen molar-refractivity contribution in [3.63, 3.8) is 0 Å². The monoisotopic (exact) mass is 350 g/mol. The van der Waals surface area contributed by atoms with Gasteiger partial charge in [0.2, 0.25) is 0 Å². The minimum absolute atomic E-state index is 0.225. The van der Waals surface area contributed by atoms with Crippen LogP contribution < -0.4 is 4.74 Å². The summed E-state index contributed by atoms with van der Waals surface area (Å²) in [7, 11) is 3.33. The Morgan fingerprint density at radius 1 is 0.769 bits per heavy atom. The zero-order valence-corrected chi connectivity index (χ0v) is 15.2. The summed E-state index contributed by atoms with van der Waals surface area (Å²) in [5.41, 5.74) is 4.58. The Bertz CT molecular complexity index is 839. The minimum Gasteiger partial charge on any atom is -0.497 e. The Labute approximate surface area is 154 Å². The second-order valence-electron chi connectivity index (χ2n) is 6.22. The molecule has 0 heterocycles. The fourth-order valence-corrected chi connectivity index (χ4v) is 2.98. The first-order valence-electron chi connectivity index (χ1n) is 8.73. The van der Waals surface area contributed by atoms with Gasteiger partial charge in [-0.2, -0.15) is 0 Å². The van der Waals surface area contributed by atoms with Gasteiger partial charge in [0.15, 0.2) is 0 Å². The van der Waals surface area contributed by atoms with E-state index < -0.39 is 0 Å². The smallest absolute Gasteiger partial charge is 0.131 e. The van der Waals surface area contributed by atoms with Crippen LogP contribution in [-0.4, -0.2) is 20.8 Å². The molecule has 2 nitrogen and oxygen atoms in total. The standard InChI is InChI=1S/C23H23FO2/c1-25-15-3-4-17-5-7-18(8-6-17)20-11-14-22(23(24)16-20)19-9-12-21(26-2)13-10-19/h5-14,16H,3-4,15H2,1-2H3. The summed E-state index contributed by atoms with van der Waals surface area (Å²) in [6, 6.07) is 21.1. The molecule has 26 heavy (non-hydrogen) atoms. The third kappa shape index (κ3) is 4.30. The van der Waals surface area contributed by atoms with Crippen molar-refractivity contribution in [2.24, 2.45) is 0 Å². The van der Waals surface area contributed by atoms with Crippen molar-refractivity contribution in [3.8, 4) is 28.0 Å². The Morgan fingerprint density at radius 3 is 2.04 bits per heavy atom. The van der Waals surface area contributed by atoms with Gasteiger partial charge in [-0.25, -0.2) is 4.39 Å². The van der Waals surface area contributed by atoms with Gasteiger partial charge in [0, 0.05) is 19.3 Å². The van der Waals surface area contributed by atoms with E-state index in [0.29, 0.717) is 5.56 Å². The van der Waals surface area contributed by atoms with Gasteiger partial charge in [0.1, 0.15) is 11.6 Å². The molecule has 0 N–H and O–H groups in total. The number of rotatable bonds is 7. The normalized spacial score (nSPS) is 10.7. The molecule has 0 aliphatic heterocycles. The van der Waals surface area contributed by atoms with Gasteiger partial charge in [-0.3, -0.25) is 0 Å². The largest absolute Gasteiger partial charge is 0.497 e. The Hall–Kier alpha value is -2.65. The van der Waals surface area contributed by atoms with Crippen LogP contribution in [-0.2, 0) is 11.2 Å². The lowest BCUT2D eigenvalue weighted by molar-refractivity contribution is 0.195. The highest BCUT2D eigenvalue weighted by Crippen LogP contribution is 2.29. The number of aryl methyl sites for hydroxylation is 1. The lowest BCUT2D eigenvalue weighted by Gasteiger charge is -2.09. The molecule has 0 saturated heterocycles. The zero-order valence-electron chi connectivity index (χ0n) is 15.2. The number of hydrogen-bond donors (Lipinski definition) is 0. The molecule has 3 heteroatoms. The summed E-state index contributed by atoms with van der Waals surface area (Å²) in [6.07, 6.45) is 1.99. The Morgan fingerprint density at radius 2 is 1.42 bits per heavy atom. The van der Waals surface area contributed by atoms with Crippen molar-refractivity contribution in [2.45, 2.75) is 12.8 Å². The van der Waals surface area contributed by atoms with E-state index in [-0.39, 0.29) is 5.82 Å². The third-order valence-corrected chi connectivity index (χ3v) is 4.47. The van der Waals surface area contributed by atoms with E-state index in [9.17, 15) is 4.39 Å². The van der Waals surface area contributed by atoms with E-state index >= 15 is 0 Å². The second-order valence-corrected chi connectivity index (χ2v) is 6.22. The van der Waals surface area contributed by atoms with Gasteiger partial charge in [-0.05, 0) is 53.3 Å². The van der Waals surface area contributed by atoms with Gasteiger partial charge in [-0.1, -0.05) is 48.5 Å². The van der Waals surface area contributed by atoms with E-state index in [2.05, 4.69) is 12.1 Å². The van der Waals surface area contributed by atoms with Gasteiger partial charge < -0.3 is 9.47 Å². The van der Waals surface area contributed by atoms with Crippen LogP contribution in [0.15, 0.2) is 66.7 Å². The molecule has 0 spiro atoms. The van der Waals surface area contributed by atoms with Crippen molar-refractivity contribution in [1.82, 2.24) is 0 Å². The molecule has 0 fully saturated rings. The SMILES string of the molecule is COCCCc1ccc(-c2ccc(-c3ccc(OC)cc3)c(F)c2)cc1. The molecule has 0 bridgehead atoms. The van der Waals surface area contributed by atoms with Crippen molar-refractivity contribution in [2.75, 3.05) is 20.8 Å². The van der Waals surface area contributed by atoms with Crippen LogP contribution >= 0.6 is 0 Å². The van der Waals surface area contributed by atoms with E-state index in [1.807, 2.05) is 48.5 Å². The topological polar surface area (TPSA) is 18.5 Å². The van der Waals surface area contributed by atoms with Gasteiger partial charge >= 0.3 is 0 Å². The van der Waals surface area contributed by atoms with E-state index in [1.54, 1.807) is 20.3 Å². The summed E-state index contributed by atoms with van der Waals surface area (Å²) in [5, 5.41) is 0. The molecule has 0 amide bonds. The molecule has 3 rings (SSSR count). The fraction of sp³-hybridized carbons (Fsp3) is 0.217. The minimum atomic E-state index is -0.225. The zero-order chi connectivity index (χ0) is 18.4. The average molecular weight is 350 g/mol. The van der Waals surface area contributed by atoms with Gasteiger partial charge in [0.05, 0.1) is 7.11 Å². The first-order valence-corrected chi connectivity index (χ1v) is 8.73. The maximum absolute atomic E-state index is 14.6. The number of methoxy groups -OCH3 is 2. The summed E-state index contributed by atoms with van der Waals surface area (Å²) in [5.74, 6) is 0.535. The maximum atomic E-state index is 14.6. The quantitative estimate of drug-likeness (QED) is 0.505.